The minimum atomic E-state index is -1.17. The highest BCUT2D eigenvalue weighted by Crippen LogP contribution is 2.27. The van der Waals surface area contributed by atoms with Crippen LogP contribution in [0.25, 0.3) is 0 Å². The van der Waals surface area contributed by atoms with E-state index in [1.54, 1.807) is 24.3 Å². The first kappa shape index (κ1) is 17.4. The molecule has 2 aromatic carbocycles. The van der Waals surface area contributed by atoms with E-state index < -0.39 is 29.2 Å². The van der Waals surface area contributed by atoms with Crippen LogP contribution >= 0.6 is 0 Å². The summed E-state index contributed by atoms with van der Waals surface area (Å²) in [6.07, 6.45) is 1.91. The third-order valence-electron chi connectivity index (χ3n) is 3.31. The first-order valence-corrected chi connectivity index (χ1v) is 7.08. The van der Waals surface area contributed by atoms with Gasteiger partial charge in [0.15, 0.2) is 11.6 Å². The lowest BCUT2D eigenvalue weighted by molar-refractivity contribution is -0.113. The Morgan fingerprint density at radius 2 is 1.92 bits per heavy atom. The molecule has 2 rings (SSSR count). The van der Waals surface area contributed by atoms with E-state index in [4.69, 9.17) is 5.73 Å². The second-order valence-corrected chi connectivity index (χ2v) is 5.04. The van der Waals surface area contributed by atoms with Crippen LogP contribution in [0.2, 0.25) is 0 Å². The van der Waals surface area contributed by atoms with Gasteiger partial charge in [-0.25, -0.2) is 8.78 Å². The molecule has 0 aliphatic rings. The second-order valence-electron chi connectivity index (χ2n) is 5.04. The number of halogens is 2. The van der Waals surface area contributed by atoms with Crippen molar-refractivity contribution in [1.29, 1.82) is 0 Å². The predicted octanol–water partition coefficient (Wildman–Crippen LogP) is 2.54. The van der Waals surface area contributed by atoms with Crippen LogP contribution in [0.1, 0.15) is 22.3 Å². The number of rotatable bonds is 6. The number of aromatic hydroxyl groups is 1. The van der Waals surface area contributed by atoms with Gasteiger partial charge in [0.05, 0.1) is 12.1 Å². The van der Waals surface area contributed by atoms with Crippen molar-refractivity contribution in [1.82, 2.24) is 0 Å². The minimum Gasteiger partial charge on any atom is -0.503 e. The molecule has 0 heterocycles. The monoisotopic (exact) mass is 333 g/mol. The van der Waals surface area contributed by atoms with E-state index in [1.165, 1.54) is 6.42 Å². The smallest absolute Gasteiger partial charge is 0.248 e. The number of nitrogens with two attached hydrogens (primary N) is 1. The molecule has 2 amide bonds. The van der Waals surface area contributed by atoms with E-state index in [0.717, 1.165) is 6.07 Å². The summed E-state index contributed by atoms with van der Waals surface area (Å²) < 4.78 is 26.3. The van der Waals surface area contributed by atoms with Crippen molar-refractivity contribution in [3.05, 3.63) is 65.6 Å². The van der Waals surface area contributed by atoms with Crippen LogP contribution < -0.4 is 11.1 Å². The van der Waals surface area contributed by atoms with Crippen molar-refractivity contribution in [3.8, 4) is 5.75 Å². The Labute approximate surface area is 137 Å². The van der Waals surface area contributed by atoms with Crippen LogP contribution in [0.5, 0.6) is 5.75 Å². The molecule has 0 aliphatic heterocycles. The molecule has 2 aromatic rings. The first-order valence-electron chi connectivity index (χ1n) is 7.08. The molecule has 0 saturated carbocycles. The Bertz CT molecular complexity index is 778. The van der Waals surface area contributed by atoms with Crippen molar-refractivity contribution in [3.63, 3.8) is 0 Å². The number of nitrogens with one attached hydrogen (secondary N) is 1. The number of hydrogen-bond acceptors (Lipinski definition) is 3. The lowest BCUT2D eigenvalue weighted by Crippen LogP contribution is -2.15. The number of primary amides is 1. The minimum absolute atomic E-state index is 0.273. The summed E-state index contributed by atoms with van der Waals surface area (Å²) in [6, 6.07) is 8.06. The van der Waals surface area contributed by atoms with E-state index >= 15 is 0 Å². The van der Waals surface area contributed by atoms with Gasteiger partial charge < -0.3 is 16.2 Å². The average Bonchev–Trinajstić information content (AvgIpc) is 2.52. The zero-order valence-corrected chi connectivity index (χ0v) is 12.6. The van der Waals surface area contributed by atoms with Crippen LogP contribution in [0.4, 0.5) is 14.5 Å². The van der Waals surface area contributed by atoms with Crippen LogP contribution in [0.3, 0.4) is 0 Å². The molecule has 24 heavy (non-hydrogen) atoms. The van der Waals surface area contributed by atoms with Gasteiger partial charge in [-0.1, -0.05) is 18.2 Å². The average molecular weight is 333 g/mol. The second kappa shape index (κ2) is 7.54. The van der Waals surface area contributed by atoms with E-state index in [0.29, 0.717) is 23.6 Å². The molecule has 7 heteroatoms. The molecule has 0 fully saturated rings. The van der Waals surface area contributed by atoms with Crippen molar-refractivity contribution < 1.29 is 23.5 Å². The van der Waals surface area contributed by atoms with Gasteiger partial charge in [-0.2, -0.15) is 0 Å². The molecule has 0 aliphatic carbocycles. The van der Waals surface area contributed by atoms with Gasteiger partial charge in [-0.15, -0.1) is 0 Å². The third kappa shape index (κ3) is 4.28. The highest BCUT2D eigenvalue weighted by Gasteiger charge is 2.13. The summed E-state index contributed by atoms with van der Waals surface area (Å²) in [5.41, 5.74) is 5.97. The van der Waals surface area contributed by atoms with Crippen LogP contribution in [-0.2, 0) is 11.2 Å². The highest BCUT2D eigenvalue weighted by atomic mass is 19.1. The van der Waals surface area contributed by atoms with Gasteiger partial charge in [0, 0.05) is 17.7 Å². The molecule has 0 aromatic heterocycles. The summed E-state index contributed by atoms with van der Waals surface area (Å²) in [7, 11) is 0. The van der Waals surface area contributed by atoms with Crippen LogP contribution in [0, 0.1) is 18.1 Å². The van der Waals surface area contributed by atoms with Gasteiger partial charge in [0.25, 0.3) is 0 Å². The third-order valence-corrected chi connectivity index (χ3v) is 3.31. The number of anilines is 1. The molecular formula is C17H15F2N2O3. The largest absolute Gasteiger partial charge is 0.503 e. The Hall–Kier alpha value is -2.96. The number of aryl methyl sites for hydroxylation is 1. The SMILES string of the molecule is NC(=O)c1ccccc1CC[CH]C(=O)Nc1cc(F)cc(F)c1O. The Balaban J connectivity index is 1.94. The maximum absolute atomic E-state index is 13.2. The molecule has 0 spiro atoms. The van der Waals surface area contributed by atoms with E-state index in [1.807, 2.05) is 0 Å². The Morgan fingerprint density at radius 3 is 2.62 bits per heavy atom. The van der Waals surface area contributed by atoms with Crippen molar-refractivity contribution in [2.75, 3.05) is 5.32 Å². The number of phenolic OH excluding ortho intramolecular Hbond substituents is 1. The maximum Gasteiger partial charge on any atom is 0.248 e. The maximum atomic E-state index is 13.2. The zero-order chi connectivity index (χ0) is 17.7. The van der Waals surface area contributed by atoms with E-state index in [9.17, 15) is 23.5 Å². The molecule has 125 valence electrons. The summed E-state index contributed by atoms with van der Waals surface area (Å²) >= 11 is 0. The first-order chi connectivity index (χ1) is 11.4. The highest BCUT2D eigenvalue weighted by molar-refractivity contribution is 5.98. The standard InChI is InChI=1S/C17H15F2N2O3/c18-11-8-13(19)16(23)14(9-11)21-15(22)7-3-5-10-4-1-2-6-12(10)17(20)24/h1-2,4,6-9,23H,3,5H2,(H2,20,24)(H,21,22). The molecule has 0 bridgehead atoms. The summed E-state index contributed by atoms with van der Waals surface area (Å²) in [6.45, 7) is 0. The van der Waals surface area contributed by atoms with Crippen LogP contribution in [-0.4, -0.2) is 16.9 Å². The lowest BCUT2D eigenvalue weighted by atomic mass is 10.0. The molecule has 1 radical (unpaired) electrons. The van der Waals surface area contributed by atoms with Crippen molar-refractivity contribution >= 4 is 17.5 Å². The normalized spacial score (nSPS) is 10.4. The molecule has 5 nitrogen and oxygen atoms in total. The Kier molecular flexibility index (Phi) is 5.47. The number of carbonyl (C=O) groups excluding carboxylic acids is 2. The number of amides is 2. The molecule has 0 saturated heterocycles. The molecule has 0 unspecified atom stereocenters. The van der Waals surface area contributed by atoms with Gasteiger partial charge in [-0.05, 0) is 24.5 Å². The predicted molar refractivity (Wildman–Crippen MR) is 84.2 cm³/mol. The van der Waals surface area contributed by atoms with Gasteiger partial charge in [0.2, 0.25) is 11.8 Å². The summed E-state index contributed by atoms with van der Waals surface area (Å²) in [5.74, 6) is -4.11. The molecular weight excluding hydrogens is 318 g/mol. The topological polar surface area (TPSA) is 92.4 Å². The number of carbonyl (C=O) groups is 2. The zero-order valence-electron chi connectivity index (χ0n) is 12.6. The molecule has 4 N–H and O–H groups in total. The van der Waals surface area contributed by atoms with E-state index in [2.05, 4.69) is 5.32 Å². The van der Waals surface area contributed by atoms with Crippen molar-refractivity contribution in [2.45, 2.75) is 12.8 Å². The number of hydrogen-bond donors (Lipinski definition) is 3. The van der Waals surface area contributed by atoms with Crippen LogP contribution in [0.15, 0.2) is 36.4 Å². The van der Waals surface area contributed by atoms with Gasteiger partial charge in [0.1, 0.15) is 5.82 Å². The quantitative estimate of drug-likeness (QED) is 0.709. The van der Waals surface area contributed by atoms with Gasteiger partial charge in [-0.3, -0.25) is 9.59 Å². The fourth-order valence-corrected chi connectivity index (χ4v) is 2.18. The fourth-order valence-electron chi connectivity index (χ4n) is 2.18. The summed E-state index contributed by atoms with van der Waals surface area (Å²) in [5, 5.41) is 11.6. The fraction of sp³-hybridized carbons (Fsp3) is 0.118. The van der Waals surface area contributed by atoms with Crippen molar-refractivity contribution in [2.24, 2.45) is 5.73 Å². The summed E-state index contributed by atoms with van der Waals surface area (Å²) in [4.78, 5) is 23.1. The molecule has 0 atom stereocenters. The van der Waals surface area contributed by atoms with Gasteiger partial charge >= 0.3 is 0 Å². The number of benzene rings is 2. The lowest BCUT2D eigenvalue weighted by Gasteiger charge is -2.09. The van der Waals surface area contributed by atoms with E-state index in [-0.39, 0.29) is 12.1 Å². The Morgan fingerprint density at radius 1 is 1.21 bits per heavy atom. The number of phenols is 1.